The lowest BCUT2D eigenvalue weighted by Crippen LogP contribution is -2.45. The van der Waals surface area contributed by atoms with Gasteiger partial charge in [0.1, 0.15) is 6.04 Å². The highest BCUT2D eigenvalue weighted by molar-refractivity contribution is 9.10. The Bertz CT molecular complexity index is 1020. The van der Waals surface area contributed by atoms with Crippen molar-refractivity contribution in [2.45, 2.75) is 70.4 Å². The molecule has 2 aromatic rings. The number of unbranched alkanes of at least 4 members (excludes halogenated alkanes) is 1. The van der Waals surface area contributed by atoms with Gasteiger partial charge in [0, 0.05) is 24.0 Å². The Morgan fingerprint density at radius 1 is 1.18 bits per heavy atom. The Labute approximate surface area is 211 Å². The normalized spacial score (nSPS) is 17.3. The number of rotatable bonds is 10. The molecule has 0 radical (unpaired) electrons. The molecule has 2 aromatic carbocycles. The Morgan fingerprint density at radius 2 is 1.94 bits per heavy atom. The number of nitrogens with one attached hydrogen (secondary N) is 1. The Morgan fingerprint density at radius 3 is 2.62 bits per heavy atom. The van der Waals surface area contributed by atoms with E-state index in [2.05, 4.69) is 41.2 Å². The van der Waals surface area contributed by atoms with Crippen LogP contribution in [0.3, 0.4) is 0 Å². The summed E-state index contributed by atoms with van der Waals surface area (Å²) in [4.78, 5) is 27.5. The van der Waals surface area contributed by atoms with E-state index in [1.807, 2.05) is 54.6 Å². The number of nitrogens with zero attached hydrogens (tertiary/aromatic N) is 2. The lowest BCUT2D eigenvalue weighted by Gasteiger charge is -2.31. The topological polar surface area (TPSA) is 73.2 Å². The van der Waals surface area contributed by atoms with Crippen LogP contribution in [0.4, 0.5) is 0 Å². The summed E-state index contributed by atoms with van der Waals surface area (Å²) >= 11 is 3.45. The van der Waals surface area contributed by atoms with Crippen LogP contribution < -0.4 is 5.32 Å². The monoisotopic (exact) mass is 523 g/mol. The first-order chi connectivity index (χ1) is 16.4. The first-order valence-corrected chi connectivity index (χ1v) is 12.9. The second kappa shape index (κ2) is 12.2. The fourth-order valence-electron chi connectivity index (χ4n) is 4.87. The molecule has 6 heteroatoms. The maximum Gasteiger partial charge on any atom is 0.243 e. The van der Waals surface area contributed by atoms with Crippen molar-refractivity contribution in [3.05, 3.63) is 70.2 Å². The van der Waals surface area contributed by atoms with E-state index in [9.17, 15) is 14.9 Å². The molecule has 2 amide bonds. The van der Waals surface area contributed by atoms with Crippen LogP contribution in [-0.4, -0.2) is 29.3 Å². The largest absolute Gasteiger partial charge is 0.350 e. The number of hydrogen-bond donors (Lipinski definition) is 1. The van der Waals surface area contributed by atoms with Crippen molar-refractivity contribution in [1.29, 1.82) is 5.26 Å². The van der Waals surface area contributed by atoms with Crippen LogP contribution in [0.1, 0.15) is 63.5 Å². The summed E-state index contributed by atoms with van der Waals surface area (Å²) in [5.74, 6) is 0.123. The van der Waals surface area contributed by atoms with E-state index in [1.54, 1.807) is 4.90 Å². The molecule has 0 saturated carbocycles. The first-order valence-electron chi connectivity index (χ1n) is 12.2. The number of hydrogen-bond acceptors (Lipinski definition) is 3. The highest BCUT2D eigenvalue weighted by Crippen LogP contribution is 2.37. The van der Waals surface area contributed by atoms with Gasteiger partial charge in [-0.25, -0.2) is 0 Å². The third-order valence-electron chi connectivity index (χ3n) is 6.92. The van der Waals surface area contributed by atoms with Crippen LogP contribution in [0.25, 0.3) is 0 Å². The number of nitriles is 1. The second-order valence-electron chi connectivity index (χ2n) is 9.40. The minimum absolute atomic E-state index is 0.0342. The summed E-state index contributed by atoms with van der Waals surface area (Å²) in [5.41, 5.74) is 1.51. The SMILES string of the molecule is CC(C)C(C#N)(CCCCC(=O)N1CCC[C@@H]1C(=O)NCc1cccc(Br)c1)c1ccccc1. The van der Waals surface area contributed by atoms with Crippen molar-refractivity contribution in [3.8, 4) is 6.07 Å². The molecule has 180 valence electrons. The summed E-state index contributed by atoms with van der Waals surface area (Å²) in [6.45, 7) is 5.25. The predicted octanol–water partition coefficient (Wildman–Crippen LogP) is 5.73. The van der Waals surface area contributed by atoms with E-state index in [0.717, 1.165) is 34.9 Å². The summed E-state index contributed by atoms with van der Waals surface area (Å²) in [7, 11) is 0. The average molecular weight is 525 g/mol. The van der Waals surface area contributed by atoms with E-state index in [1.165, 1.54) is 0 Å². The van der Waals surface area contributed by atoms with Crippen LogP contribution in [-0.2, 0) is 21.5 Å². The molecule has 0 bridgehead atoms. The second-order valence-corrected chi connectivity index (χ2v) is 10.3. The molecule has 34 heavy (non-hydrogen) atoms. The van der Waals surface area contributed by atoms with Gasteiger partial charge in [-0.2, -0.15) is 5.26 Å². The number of halogens is 1. The fourth-order valence-corrected chi connectivity index (χ4v) is 5.31. The lowest BCUT2D eigenvalue weighted by atomic mass is 9.69. The minimum Gasteiger partial charge on any atom is -0.350 e. The van der Waals surface area contributed by atoms with Gasteiger partial charge in [-0.3, -0.25) is 9.59 Å². The van der Waals surface area contributed by atoms with Crippen molar-refractivity contribution in [3.63, 3.8) is 0 Å². The van der Waals surface area contributed by atoms with Gasteiger partial charge in [0.05, 0.1) is 11.5 Å². The average Bonchev–Trinajstić information content (AvgIpc) is 3.33. The standard InChI is InChI=1S/C28H34BrN3O2/c1-21(2)28(20-30,23-11-4-3-5-12-23)16-7-6-15-26(33)32-17-9-14-25(32)27(34)31-19-22-10-8-13-24(29)18-22/h3-5,8,10-13,18,21,25H,6-7,9,14-17,19H2,1-2H3,(H,31,34)/t25-,28?/m1/s1. The van der Waals surface area contributed by atoms with Gasteiger partial charge in [-0.05, 0) is 54.9 Å². The molecule has 2 atom stereocenters. The number of benzene rings is 2. The van der Waals surface area contributed by atoms with Crippen LogP contribution in [0.5, 0.6) is 0 Å². The van der Waals surface area contributed by atoms with Crippen molar-refractivity contribution >= 4 is 27.7 Å². The lowest BCUT2D eigenvalue weighted by molar-refractivity contribution is -0.138. The summed E-state index contributed by atoms with van der Waals surface area (Å²) < 4.78 is 0.974. The van der Waals surface area contributed by atoms with Crippen molar-refractivity contribution in [1.82, 2.24) is 10.2 Å². The van der Waals surface area contributed by atoms with E-state index < -0.39 is 11.5 Å². The molecule has 1 heterocycles. The van der Waals surface area contributed by atoms with E-state index in [0.29, 0.717) is 32.4 Å². The van der Waals surface area contributed by atoms with Crippen LogP contribution in [0, 0.1) is 17.2 Å². The zero-order chi connectivity index (χ0) is 24.6. The molecule has 0 aliphatic carbocycles. The summed E-state index contributed by atoms with van der Waals surface area (Å²) in [6.07, 6.45) is 4.18. The molecular formula is C28H34BrN3O2. The van der Waals surface area contributed by atoms with Gasteiger partial charge in [-0.1, -0.05) is 78.7 Å². The molecule has 1 unspecified atom stereocenters. The predicted molar refractivity (Wildman–Crippen MR) is 138 cm³/mol. The Hall–Kier alpha value is -2.65. The minimum atomic E-state index is -0.549. The maximum atomic E-state index is 13.0. The van der Waals surface area contributed by atoms with E-state index in [-0.39, 0.29) is 17.7 Å². The zero-order valence-corrected chi connectivity index (χ0v) is 21.7. The van der Waals surface area contributed by atoms with Crippen molar-refractivity contribution < 1.29 is 9.59 Å². The quantitative estimate of drug-likeness (QED) is 0.403. The highest BCUT2D eigenvalue weighted by Gasteiger charge is 2.36. The van der Waals surface area contributed by atoms with Gasteiger partial charge >= 0.3 is 0 Å². The molecule has 0 spiro atoms. The van der Waals surface area contributed by atoms with E-state index in [4.69, 9.17) is 0 Å². The maximum absolute atomic E-state index is 13.0. The molecule has 1 aliphatic heterocycles. The molecular weight excluding hydrogens is 490 g/mol. The number of carbonyl (C=O) groups is 2. The molecule has 3 rings (SSSR count). The molecule has 1 N–H and O–H groups in total. The van der Waals surface area contributed by atoms with Crippen LogP contribution >= 0.6 is 15.9 Å². The Kier molecular flexibility index (Phi) is 9.29. The van der Waals surface area contributed by atoms with Gasteiger partial charge in [-0.15, -0.1) is 0 Å². The van der Waals surface area contributed by atoms with E-state index >= 15 is 0 Å². The highest BCUT2D eigenvalue weighted by atomic mass is 79.9. The smallest absolute Gasteiger partial charge is 0.243 e. The zero-order valence-electron chi connectivity index (χ0n) is 20.1. The summed E-state index contributed by atoms with van der Waals surface area (Å²) in [5, 5.41) is 13.0. The number of amides is 2. The molecule has 1 saturated heterocycles. The number of carbonyl (C=O) groups excluding carboxylic acids is 2. The molecule has 5 nitrogen and oxygen atoms in total. The van der Waals surface area contributed by atoms with Crippen molar-refractivity contribution in [2.75, 3.05) is 6.54 Å². The third-order valence-corrected chi connectivity index (χ3v) is 7.41. The third kappa shape index (κ3) is 6.27. The van der Waals surface area contributed by atoms with Crippen LogP contribution in [0.2, 0.25) is 0 Å². The number of likely N-dealkylation sites (tertiary alicyclic amines) is 1. The van der Waals surface area contributed by atoms with Crippen molar-refractivity contribution in [2.24, 2.45) is 5.92 Å². The van der Waals surface area contributed by atoms with Gasteiger partial charge in [0.2, 0.25) is 11.8 Å². The summed E-state index contributed by atoms with van der Waals surface area (Å²) in [6, 6.07) is 20.0. The molecule has 1 aliphatic rings. The fraction of sp³-hybridized carbons (Fsp3) is 0.464. The van der Waals surface area contributed by atoms with Gasteiger partial charge in [0.25, 0.3) is 0 Å². The Balaban J connectivity index is 1.51. The van der Waals surface area contributed by atoms with Gasteiger partial charge in [0.15, 0.2) is 0 Å². The first kappa shape index (κ1) is 26.0. The molecule has 0 aromatic heterocycles. The van der Waals surface area contributed by atoms with Crippen LogP contribution in [0.15, 0.2) is 59.1 Å². The molecule has 1 fully saturated rings. The van der Waals surface area contributed by atoms with Gasteiger partial charge < -0.3 is 10.2 Å².